The van der Waals surface area contributed by atoms with Crippen LogP contribution in [0.4, 0.5) is 0 Å². The van der Waals surface area contributed by atoms with Crippen molar-refractivity contribution in [3.63, 3.8) is 0 Å². The van der Waals surface area contributed by atoms with Crippen molar-refractivity contribution in [2.75, 3.05) is 25.2 Å². The summed E-state index contributed by atoms with van der Waals surface area (Å²) in [4.78, 5) is 25.2. The number of amides is 1. The van der Waals surface area contributed by atoms with E-state index in [9.17, 15) is 9.59 Å². The van der Waals surface area contributed by atoms with Crippen LogP contribution in [0.1, 0.15) is 37.4 Å². The fraction of sp³-hybridized carbons (Fsp3) is 0.471. The van der Waals surface area contributed by atoms with Crippen LogP contribution in [0.3, 0.4) is 0 Å². The Balaban J connectivity index is 2.58. The maximum absolute atomic E-state index is 12.4. The molecule has 0 aliphatic rings. The van der Waals surface area contributed by atoms with Crippen molar-refractivity contribution < 1.29 is 14.3 Å². The quantitative estimate of drug-likeness (QED) is 0.540. The first kappa shape index (κ1) is 19.0. The summed E-state index contributed by atoms with van der Waals surface area (Å²) < 4.78 is 4.56. The molecule has 5 nitrogen and oxygen atoms in total. The fourth-order valence-corrected chi connectivity index (χ4v) is 2.95. The number of ether oxygens (including phenoxy) is 1. The first-order valence-electron chi connectivity index (χ1n) is 7.47. The van der Waals surface area contributed by atoms with E-state index in [0.717, 1.165) is 5.56 Å². The summed E-state index contributed by atoms with van der Waals surface area (Å²) >= 11 is 1.40. The monoisotopic (exact) mass is 334 g/mol. The predicted molar refractivity (Wildman–Crippen MR) is 90.9 cm³/mol. The van der Waals surface area contributed by atoms with E-state index in [4.69, 9.17) is 5.26 Å². The molecule has 0 aliphatic carbocycles. The summed E-state index contributed by atoms with van der Waals surface area (Å²) in [6.45, 7) is 4.53. The Morgan fingerprint density at radius 3 is 2.52 bits per heavy atom. The van der Waals surface area contributed by atoms with E-state index in [1.807, 2.05) is 26.0 Å². The lowest BCUT2D eigenvalue weighted by molar-refractivity contribution is -0.137. The average molecular weight is 334 g/mol. The molecule has 1 aromatic rings. The van der Waals surface area contributed by atoms with Gasteiger partial charge in [-0.2, -0.15) is 5.26 Å². The number of benzene rings is 1. The van der Waals surface area contributed by atoms with Crippen LogP contribution < -0.4 is 0 Å². The second-order valence-electron chi connectivity index (χ2n) is 4.97. The largest absolute Gasteiger partial charge is 0.468 e. The molecule has 0 heterocycles. The van der Waals surface area contributed by atoms with Gasteiger partial charge in [0.2, 0.25) is 5.91 Å². The zero-order valence-corrected chi connectivity index (χ0v) is 14.6. The zero-order valence-electron chi connectivity index (χ0n) is 13.7. The van der Waals surface area contributed by atoms with Crippen molar-refractivity contribution >= 4 is 23.6 Å². The summed E-state index contributed by atoms with van der Waals surface area (Å²) in [5, 5.41) is 8.84. The third-order valence-corrected chi connectivity index (χ3v) is 4.49. The van der Waals surface area contributed by atoms with Gasteiger partial charge in [-0.05, 0) is 31.5 Å². The van der Waals surface area contributed by atoms with E-state index in [0.29, 0.717) is 24.3 Å². The van der Waals surface area contributed by atoms with Gasteiger partial charge < -0.3 is 9.64 Å². The molecular weight excluding hydrogens is 312 g/mol. The molecule has 0 radical (unpaired) electrons. The predicted octanol–water partition coefficient (Wildman–Crippen LogP) is 2.76. The van der Waals surface area contributed by atoms with Crippen LogP contribution in [0.15, 0.2) is 24.3 Å². The Bertz CT molecular complexity index is 566. The molecule has 0 saturated carbocycles. The minimum Gasteiger partial charge on any atom is -0.468 e. The van der Waals surface area contributed by atoms with E-state index in [2.05, 4.69) is 10.8 Å². The standard InChI is InChI=1S/C17H22N2O3S/c1-4-19(16(20)9-10-23-12-17(21)22-3)13(2)15-7-5-14(11-18)6-8-15/h5-8,13H,4,9-10,12H2,1-3H3/t13-/m0/s1. The van der Waals surface area contributed by atoms with Gasteiger partial charge in [0, 0.05) is 18.7 Å². The smallest absolute Gasteiger partial charge is 0.315 e. The van der Waals surface area contributed by atoms with Crippen molar-refractivity contribution in [1.82, 2.24) is 4.90 Å². The maximum atomic E-state index is 12.4. The summed E-state index contributed by atoms with van der Waals surface area (Å²) in [6.07, 6.45) is 0.385. The van der Waals surface area contributed by atoms with Crippen LogP contribution in [-0.4, -0.2) is 41.9 Å². The van der Waals surface area contributed by atoms with E-state index in [-0.39, 0.29) is 23.7 Å². The van der Waals surface area contributed by atoms with Crippen LogP contribution in [0, 0.1) is 11.3 Å². The number of rotatable bonds is 8. The second kappa shape index (κ2) is 9.90. The molecule has 1 atom stereocenters. The van der Waals surface area contributed by atoms with E-state index < -0.39 is 0 Å². The van der Waals surface area contributed by atoms with Crippen molar-refractivity contribution in [2.45, 2.75) is 26.3 Å². The van der Waals surface area contributed by atoms with Crippen molar-refractivity contribution in [3.05, 3.63) is 35.4 Å². The summed E-state index contributed by atoms with van der Waals surface area (Å²) in [6, 6.07) is 9.32. The zero-order chi connectivity index (χ0) is 17.2. The van der Waals surface area contributed by atoms with Crippen molar-refractivity contribution in [3.8, 4) is 6.07 Å². The average Bonchev–Trinajstić information content (AvgIpc) is 2.59. The van der Waals surface area contributed by atoms with Gasteiger partial charge in [-0.1, -0.05) is 12.1 Å². The van der Waals surface area contributed by atoms with Gasteiger partial charge in [-0.15, -0.1) is 11.8 Å². The number of hydrogen-bond acceptors (Lipinski definition) is 5. The van der Waals surface area contributed by atoms with Gasteiger partial charge in [-0.25, -0.2) is 0 Å². The molecular formula is C17H22N2O3S. The Kier molecular flexibility index (Phi) is 8.20. The third kappa shape index (κ3) is 5.95. The van der Waals surface area contributed by atoms with Crippen molar-refractivity contribution in [1.29, 1.82) is 5.26 Å². The normalized spacial score (nSPS) is 11.4. The van der Waals surface area contributed by atoms with Crippen LogP contribution in [0.5, 0.6) is 0 Å². The van der Waals surface area contributed by atoms with Crippen LogP contribution in [-0.2, 0) is 14.3 Å². The highest BCUT2D eigenvalue weighted by Gasteiger charge is 2.19. The van der Waals surface area contributed by atoms with E-state index in [1.165, 1.54) is 18.9 Å². The van der Waals surface area contributed by atoms with Gasteiger partial charge >= 0.3 is 5.97 Å². The SMILES string of the molecule is CCN(C(=O)CCSCC(=O)OC)[C@@H](C)c1ccc(C#N)cc1. The number of carbonyl (C=O) groups excluding carboxylic acids is 2. The Labute approximate surface area is 141 Å². The Morgan fingerprint density at radius 2 is 2.00 bits per heavy atom. The molecule has 23 heavy (non-hydrogen) atoms. The molecule has 6 heteroatoms. The highest BCUT2D eigenvalue weighted by atomic mass is 32.2. The maximum Gasteiger partial charge on any atom is 0.315 e. The van der Waals surface area contributed by atoms with Crippen LogP contribution in [0.25, 0.3) is 0 Å². The molecule has 0 unspecified atom stereocenters. The topological polar surface area (TPSA) is 70.4 Å². The summed E-state index contributed by atoms with van der Waals surface area (Å²) in [5.41, 5.74) is 1.61. The number of nitrogens with zero attached hydrogens (tertiary/aromatic N) is 2. The Morgan fingerprint density at radius 1 is 1.35 bits per heavy atom. The van der Waals surface area contributed by atoms with E-state index >= 15 is 0 Å². The number of esters is 1. The number of thioether (sulfide) groups is 1. The fourth-order valence-electron chi connectivity index (χ4n) is 2.20. The number of methoxy groups -OCH3 is 1. The van der Waals surface area contributed by atoms with Gasteiger partial charge in [-0.3, -0.25) is 9.59 Å². The molecule has 124 valence electrons. The number of hydrogen-bond donors (Lipinski definition) is 0. The molecule has 1 rings (SSSR count). The first-order chi connectivity index (χ1) is 11.0. The highest BCUT2D eigenvalue weighted by Crippen LogP contribution is 2.21. The first-order valence-corrected chi connectivity index (χ1v) is 8.63. The molecule has 0 spiro atoms. The molecule has 0 fully saturated rings. The van der Waals surface area contributed by atoms with Gasteiger partial charge in [0.05, 0.1) is 30.5 Å². The van der Waals surface area contributed by atoms with E-state index in [1.54, 1.807) is 17.0 Å². The lowest BCUT2D eigenvalue weighted by atomic mass is 10.0. The second-order valence-corrected chi connectivity index (χ2v) is 6.07. The minimum atomic E-state index is -0.277. The lowest BCUT2D eigenvalue weighted by Crippen LogP contribution is -2.33. The minimum absolute atomic E-state index is 0.0501. The van der Waals surface area contributed by atoms with Crippen molar-refractivity contribution in [2.24, 2.45) is 0 Å². The number of carbonyl (C=O) groups is 2. The third-order valence-electron chi connectivity index (χ3n) is 3.56. The highest BCUT2D eigenvalue weighted by molar-refractivity contribution is 7.99. The molecule has 1 aromatic carbocycles. The molecule has 0 bridgehead atoms. The van der Waals surface area contributed by atoms with Gasteiger partial charge in [0.15, 0.2) is 0 Å². The molecule has 1 amide bonds. The van der Waals surface area contributed by atoms with Gasteiger partial charge in [0.25, 0.3) is 0 Å². The van der Waals surface area contributed by atoms with Gasteiger partial charge in [0.1, 0.15) is 0 Å². The number of nitriles is 1. The molecule has 0 aliphatic heterocycles. The van der Waals surface area contributed by atoms with Crippen LogP contribution >= 0.6 is 11.8 Å². The summed E-state index contributed by atoms with van der Waals surface area (Å²) in [5.74, 6) is 0.633. The van der Waals surface area contributed by atoms with Crippen LogP contribution in [0.2, 0.25) is 0 Å². The molecule has 0 aromatic heterocycles. The lowest BCUT2D eigenvalue weighted by Gasteiger charge is -2.28. The summed E-state index contributed by atoms with van der Waals surface area (Å²) in [7, 11) is 1.35. The Hall–Kier alpha value is -2.00. The molecule has 0 saturated heterocycles. The molecule has 0 N–H and O–H groups in total.